The number of ether oxygens (including phenoxy) is 2. The Balaban J connectivity index is 1.64. The third kappa shape index (κ3) is 7.12. The molecule has 0 aliphatic heterocycles. The predicted octanol–water partition coefficient (Wildman–Crippen LogP) is 5.73. The molecule has 0 saturated carbocycles. The van der Waals surface area contributed by atoms with E-state index in [2.05, 4.69) is 25.3 Å². The Morgan fingerprint density at radius 2 is 1.68 bits per heavy atom. The average molecular weight is 579 g/mol. The number of benzene rings is 2. The summed E-state index contributed by atoms with van der Waals surface area (Å²) in [6, 6.07) is 15.0. The van der Waals surface area contributed by atoms with Gasteiger partial charge in [-0.25, -0.2) is 27.9 Å². The number of nitrogens with zero attached hydrogens (tertiary/aromatic N) is 3. The van der Waals surface area contributed by atoms with Gasteiger partial charge in [-0.3, -0.25) is 0 Å². The molecule has 10 heteroatoms. The smallest absolute Gasteiger partial charge is 0.421 e. The van der Waals surface area contributed by atoms with Gasteiger partial charge >= 0.3 is 6.09 Å². The number of imidazole rings is 1. The lowest BCUT2D eigenvalue weighted by atomic mass is 10.00. The highest BCUT2D eigenvalue weighted by Gasteiger charge is 2.23. The molecular formula is C31H38N4O5S. The van der Waals surface area contributed by atoms with E-state index in [1.54, 1.807) is 12.1 Å². The Morgan fingerprint density at radius 1 is 0.951 bits per heavy atom. The van der Waals surface area contributed by atoms with Crippen molar-refractivity contribution in [2.24, 2.45) is 0 Å². The van der Waals surface area contributed by atoms with Crippen LogP contribution in [0.4, 0.5) is 4.79 Å². The van der Waals surface area contributed by atoms with E-state index in [0.29, 0.717) is 18.7 Å². The minimum absolute atomic E-state index is 0.0101. The van der Waals surface area contributed by atoms with Crippen molar-refractivity contribution in [2.45, 2.75) is 65.3 Å². The highest BCUT2D eigenvalue weighted by atomic mass is 32.2. The van der Waals surface area contributed by atoms with Gasteiger partial charge < -0.3 is 14.0 Å². The molecule has 2 aromatic heterocycles. The van der Waals surface area contributed by atoms with Crippen LogP contribution in [0.5, 0.6) is 0 Å². The SMILES string of the molecule is CCCc1ccc(S(=O)(=O)NC(=O)OCCOCC)c(-c2ccc(Cn3c(CC)nc4c(C)cc(C)nc43)cc2)c1. The van der Waals surface area contributed by atoms with Crippen molar-refractivity contribution in [2.75, 3.05) is 19.8 Å². The van der Waals surface area contributed by atoms with Gasteiger partial charge in [-0.05, 0) is 67.6 Å². The highest BCUT2D eigenvalue weighted by Crippen LogP contribution is 2.30. The van der Waals surface area contributed by atoms with E-state index in [-0.39, 0.29) is 18.1 Å². The Morgan fingerprint density at radius 3 is 2.37 bits per heavy atom. The number of aromatic nitrogens is 3. The first kappa shape index (κ1) is 30.2. The van der Waals surface area contributed by atoms with Crippen molar-refractivity contribution in [3.05, 3.63) is 76.7 Å². The molecule has 0 radical (unpaired) electrons. The summed E-state index contributed by atoms with van der Waals surface area (Å²) in [6.07, 6.45) is 1.46. The van der Waals surface area contributed by atoms with E-state index in [1.165, 1.54) is 0 Å². The molecule has 218 valence electrons. The van der Waals surface area contributed by atoms with Crippen LogP contribution >= 0.6 is 0 Å². The summed E-state index contributed by atoms with van der Waals surface area (Å²) in [5.74, 6) is 0.963. The van der Waals surface area contributed by atoms with Crippen molar-refractivity contribution in [3.8, 4) is 11.1 Å². The number of rotatable bonds is 12. The number of nitrogens with one attached hydrogen (secondary N) is 1. The van der Waals surface area contributed by atoms with E-state index >= 15 is 0 Å². The third-order valence-electron chi connectivity index (χ3n) is 6.78. The summed E-state index contributed by atoms with van der Waals surface area (Å²) >= 11 is 0. The number of carbonyl (C=O) groups is 1. The largest absolute Gasteiger partial charge is 0.446 e. The number of sulfonamides is 1. The summed E-state index contributed by atoms with van der Waals surface area (Å²) < 4.78 is 40.8. The number of pyridine rings is 1. The van der Waals surface area contributed by atoms with E-state index in [9.17, 15) is 13.2 Å². The van der Waals surface area contributed by atoms with Crippen molar-refractivity contribution >= 4 is 27.3 Å². The van der Waals surface area contributed by atoms with E-state index in [4.69, 9.17) is 19.4 Å². The lowest BCUT2D eigenvalue weighted by Gasteiger charge is -2.15. The maximum absolute atomic E-state index is 13.3. The molecule has 9 nitrogen and oxygen atoms in total. The monoisotopic (exact) mass is 578 g/mol. The van der Waals surface area contributed by atoms with Gasteiger partial charge in [0.05, 0.1) is 18.0 Å². The summed E-state index contributed by atoms with van der Waals surface area (Å²) in [5, 5.41) is 0. The normalized spacial score (nSPS) is 11.6. The Hall–Kier alpha value is -3.76. The van der Waals surface area contributed by atoms with Gasteiger partial charge in [0.2, 0.25) is 0 Å². The topological polar surface area (TPSA) is 112 Å². The second-order valence-electron chi connectivity index (χ2n) is 9.94. The van der Waals surface area contributed by atoms with Crippen molar-refractivity contribution in [1.29, 1.82) is 0 Å². The average Bonchev–Trinajstić information content (AvgIpc) is 3.29. The van der Waals surface area contributed by atoms with Gasteiger partial charge in [0.1, 0.15) is 17.9 Å². The van der Waals surface area contributed by atoms with E-state index in [0.717, 1.165) is 64.2 Å². The molecule has 0 aliphatic rings. The maximum Gasteiger partial charge on any atom is 0.421 e. The van der Waals surface area contributed by atoms with Crippen LogP contribution in [0.2, 0.25) is 0 Å². The lowest BCUT2D eigenvalue weighted by Crippen LogP contribution is -2.32. The van der Waals surface area contributed by atoms with Crippen LogP contribution in [-0.4, -0.2) is 48.9 Å². The molecule has 0 saturated heterocycles. The van der Waals surface area contributed by atoms with Gasteiger partial charge in [-0.15, -0.1) is 0 Å². The molecule has 0 bridgehead atoms. The van der Waals surface area contributed by atoms with Crippen LogP contribution in [0.15, 0.2) is 53.4 Å². The zero-order valence-corrected chi connectivity index (χ0v) is 25.2. The standard InChI is InChI=1S/C31H38N4O5S/c1-6-9-23-12-15-27(41(37,38)34-31(36)40-17-16-39-8-3)26(19-23)25-13-10-24(11-14-25)20-35-28(7-2)33-29-21(4)18-22(5)32-30(29)35/h10-15,18-19H,6-9,16-17,20H2,1-5H3,(H,34,36). The Kier molecular flexibility index (Phi) is 9.77. The molecule has 1 amide bonds. The van der Waals surface area contributed by atoms with E-state index < -0.39 is 16.1 Å². The first-order valence-corrected chi connectivity index (χ1v) is 15.5. The Bertz CT molecular complexity index is 1630. The fourth-order valence-corrected chi connectivity index (χ4v) is 5.97. The molecule has 41 heavy (non-hydrogen) atoms. The van der Waals surface area contributed by atoms with Gasteiger partial charge in [-0.2, -0.15) is 0 Å². The lowest BCUT2D eigenvalue weighted by molar-refractivity contribution is 0.0813. The van der Waals surface area contributed by atoms with Crippen LogP contribution in [0, 0.1) is 13.8 Å². The summed E-state index contributed by atoms with van der Waals surface area (Å²) in [7, 11) is -4.19. The minimum atomic E-state index is -4.19. The third-order valence-corrected chi connectivity index (χ3v) is 8.15. The van der Waals surface area contributed by atoms with Gasteiger partial charge in [0, 0.05) is 24.3 Å². The summed E-state index contributed by atoms with van der Waals surface area (Å²) in [4.78, 5) is 21.8. The highest BCUT2D eigenvalue weighted by molar-refractivity contribution is 7.90. The van der Waals surface area contributed by atoms with Crippen LogP contribution in [0.1, 0.15) is 55.4 Å². The molecule has 0 spiro atoms. The number of aryl methyl sites for hydroxylation is 4. The number of fused-ring (bicyclic) bond motifs is 1. The Labute approximate surface area is 242 Å². The van der Waals surface area contributed by atoms with Gasteiger partial charge in [0.25, 0.3) is 10.0 Å². The predicted molar refractivity (Wildman–Crippen MR) is 160 cm³/mol. The van der Waals surface area contributed by atoms with Crippen LogP contribution < -0.4 is 4.72 Å². The first-order valence-electron chi connectivity index (χ1n) is 14.0. The molecule has 0 fully saturated rings. The molecule has 2 aromatic carbocycles. The molecule has 1 N–H and O–H groups in total. The van der Waals surface area contributed by atoms with Crippen molar-refractivity contribution in [3.63, 3.8) is 0 Å². The zero-order valence-electron chi connectivity index (χ0n) is 24.4. The fraction of sp³-hybridized carbons (Fsp3) is 0.387. The number of amides is 1. The van der Waals surface area contributed by atoms with Crippen molar-refractivity contribution in [1.82, 2.24) is 19.3 Å². The van der Waals surface area contributed by atoms with Crippen LogP contribution in [0.25, 0.3) is 22.3 Å². The first-order chi connectivity index (χ1) is 19.7. The summed E-state index contributed by atoms with van der Waals surface area (Å²) in [5.41, 5.74) is 7.12. The molecular weight excluding hydrogens is 540 g/mol. The minimum Gasteiger partial charge on any atom is -0.446 e. The second kappa shape index (κ2) is 13.3. The molecule has 2 heterocycles. The van der Waals surface area contributed by atoms with Gasteiger partial charge in [0.15, 0.2) is 5.65 Å². The molecule has 4 aromatic rings. The van der Waals surface area contributed by atoms with E-state index in [1.807, 2.05) is 55.0 Å². The molecule has 0 aliphatic carbocycles. The quantitative estimate of drug-likeness (QED) is 0.214. The fourth-order valence-electron chi connectivity index (χ4n) is 4.87. The second-order valence-corrected chi connectivity index (χ2v) is 11.6. The number of carbonyl (C=O) groups excluding carboxylic acids is 1. The van der Waals surface area contributed by atoms with Crippen LogP contribution in [-0.2, 0) is 38.9 Å². The number of hydrogen-bond acceptors (Lipinski definition) is 7. The maximum atomic E-state index is 13.3. The number of hydrogen-bond donors (Lipinski definition) is 1. The summed E-state index contributed by atoms with van der Waals surface area (Å²) in [6.45, 7) is 11.2. The van der Waals surface area contributed by atoms with Gasteiger partial charge in [-0.1, -0.05) is 50.6 Å². The molecule has 0 unspecified atom stereocenters. The van der Waals surface area contributed by atoms with Crippen molar-refractivity contribution < 1.29 is 22.7 Å². The van der Waals surface area contributed by atoms with Crippen LogP contribution in [0.3, 0.4) is 0 Å². The zero-order chi connectivity index (χ0) is 29.6. The molecule has 4 rings (SSSR count). The molecule has 0 atom stereocenters.